The molecule has 0 saturated carbocycles. The fraction of sp³-hybridized carbons (Fsp3) is 0.462. The summed E-state index contributed by atoms with van der Waals surface area (Å²) in [4.78, 5) is 13.7. The molecule has 1 amide bonds. The number of rotatable bonds is 3. The molecule has 0 unspecified atom stereocenters. The number of amides is 1. The summed E-state index contributed by atoms with van der Waals surface area (Å²) in [6.07, 6.45) is 1.95. The highest BCUT2D eigenvalue weighted by molar-refractivity contribution is 5.92. The Morgan fingerprint density at radius 1 is 1.40 bits per heavy atom. The number of carbonyl (C=O) groups is 1. The van der Waals surface area contributed by atoms with E-state index in [1.807, 2.05) is 4.90 Å². The van der Waals surface area contributed by atoms with Crippen molar-refractivity contribution < 1.29 is 13.6 Å². The van der Waals surface area contributed by atoms with E-state index in [-0.39, 0.29) is 36.6 Å². The Kier molecular flexibility index (Phi) is 6.32. The summed E-state index contributed by atoms with van der Waals surface area (Å²) in [5.41, 5.74) is 6.08. The lowest BCUT2D eigenvalue weighted by atomic mass is 10.1. The molecule has 2 rings (SSSR count). The summed E-state index contributed by atoms with van der Waals surface area (Å²) < 4.78 is 25.7. The van der Waals surface area contributed by atoms with Gasteiger partial charge in [0.2, 0.25) is 5.91 Å². The van der Waals surface area contributed by atoms with Crippen LogP contribution >= 0.6 is 12.4 Å². The van der Waals surface area contributed by atoms with Crippen LogP contribution in [0.15, 0.2) is 18.2 Å². The van der Waals surface area contributed by atoms with Crippen molar-refractivity contribution in [2.45, 2.75) is 18.9 Å². The van der Waals surface area contributed by atoms with E-state index >= 15 is 0 Å². The third kappa shape index (κ3) is 4.70. The summed E-state index contributed by atoms with van der Waals surface area (Å²) in [6.45, 7) is 1.73. The average Bonchev–Trinajstić information content (AvgIpc) is 2.34. The van der Waals surface area contributed by atoms with Gasteiger partial charge in [-0.05, 0) is 31.5 Å². The molecule has 0 radical (unpaired) electrons. The van der Waals surface area contributed by atoms with E-state index in [1.165, 1.54) is 6.07 Å². The molecule has 1 saturated heterocycles. The zero-order valence-corrected chi connectivity index (χ0v) is 11.8. The molecule has 4 nitrogen and oxygen atoms in total. The first-order valence-electron chi connectivity index (χ1n) is 6.27. The van der Waals surface area contributed by atoms with Crippen molar-refractivity contribution in [3.63, 3.8) is 0 Å². The number of hydrogen-bond donors (Lipinski definition) is 2. The first-order valence-corrected chi connectivity index (χ1v) is 6.27. The Labute approximate surface area is 122 Å². The van der Waals surface area contributed by atoms with E-state index in [0.717, 1.165) is 31.5 Å². The number of hydrogen-bond acceptors (Lipinski definition) is 3. The van der Waals surface area contributed by atoms with Gasteiger partial charge in [-0.3, -0.25) is 9.69 Å². The van der Waals surface area contributed by atoms with Crippen LogP contribution < -0.4 is 11.1 Å². The van der Waals surface area contributed by atoms with Gasteiger partial charge in [-0.15, -0.1) is 12.4 Å². The van der Waals surface area contributed by atoms with E-state index in [1.54, 1.807) is 0 Å². The van der Waals surface area contributed by atoms with Crippen LogP contribution in [0.5, 0.6) is 0 Å². The molecule has 1 aliphatic heterocycles. The molecule has 20 heavy (non-hydrogen) atoms. The van der Waals surface area contributed by atoms with E-state index < -0.39 is 11.6 Å². The highest BCUT2D eigenvalue weighted by Gasteiger charge is 2.18. The van der Waals surface area contributed by atoms with Crippen molar-refractivity contribution in [1.29, 1.82) is 0 Å². The minimum Gasteiger partial charge on any atom is -0.327 e. The van der Waals surface area contributed by atoms with Gasteiger partial charge in [0, 0.05) is 24.3 Å². The molecule has 0 aromatic heterocycles. The normalized spacial score (nSPS) is 19.2. The van der Waals surface area contributed by atoms with Gasteiger partial charge >= 0.3 is 0 Å². The third-order valence-corrected chi connectivity index (χ3v) is 3.11. The zero-order chi connectivity index (χ0) is 13.8. The first kappa shape index (κ1) is 16.8. The topological polar surface area (TPSA) is 58.4 Å². The second-order valence-electron chi connectivity index (χ2n) is 4.81. The van der Waals surface area contributed by atoms with Crippen molar-refractivity contribution in [2.24, 2.45) is 5.73 Å². The summed E-state index contributed by atoms with van der Waals surface area (Å²) in [5, 5.41) is 2.54. The number of benzene rings is 1. The molecular formula is C13H18ClF2N3O. The quantitative estimate of drug-likeness (QED) is 0.894. The van der Waals surface area contributed by atoms with Crippen molar-refractivity contribution in [3.8, 4) is 0 Å². The summed E-state index contributed by atoms with van der Waals surface area (Å²) >= 11 is 0. The van der Waals surface area contributed by atoms with Gasteiger partial charge in [-0.25, -0.2) is 8.78 Å². The van der Waals surface area contributed by atoms with Crippen LogP contribution in [0, 0.1) is 11.6 Å². The smallest absolute Gasteiger partial charge is 0.238 e. The number of nitrogens with two attached hydrogens (primary N) is 1. The predicted molar refractivity (Wildman–Crippen MR) is 75.9 cm³/mol. The fourth-order valence-corrected chi connectivity index (χ4v) is 2.21. The monoisotopic (exact) mass is 305 g/mol. The van der Waals surface area contributed by atoms with E-state index in [4.69, 9.17) is 5.73 Å². The first-order chi connectivity index (χ1) is 9.04. The lowest BCUT2D eigenvalue weighted by Crippen LogP contribution is -2.45. The second-order valence-corrected chi connectivity index (χ2v) is 4.81. The molecule has 0 spiro atoms. The number of halogens is 3. The molecule has 1 heterocycles. The number of nitrogens with zero attached hydrogens (tertiary/aromatic N) is 1. The van der Waals surface area contributed by atoms with Gasteiger partial charge in [0.25, 0.3) is 0 Å². The number of nitrogens with one attached hydrogen (secondary N) is 1. The number of carbonyl (C=O) groups excluding carboxylic acids is 1. The summed E-state index contributed by atoms with van der Waals surface area (Å²) in [6, 6.07) is 3.39. The van der Waals surface area contributed by atoms with E-state index in [0.29, 0.717) is 6.54 Å². The second kappa shape index (κ2) is 7.52. The maximum atomic E-state index is 13.0. The largest absolute Gasteiger partial charge is 0.327 e. The highest BCUT2D eigenvalue weighted by Crippen LogP contribution is 2.13. The average molecular weight is 306 g/mol. The number of likely N-dealkylation sites (tertiary alicyclic amines) is 1. The Morgan fingerprint density at radius 2 is 2.15 bits per heavy atom. The van der Waals surface area contributed by atoms with Gasteiger partial charge in [-0.2, -0.15) is 0 Å². The van der Waals surface area contributed by atoms with Crippen LogP contribution in [0.25, 0.3) is 0 Å². The molecule has 1 aromatic carbocycles. The van der Waals surface area contributed by atoms with Gasteiger partial charge < -0.3 is 11.1 Å². The Bertz CT molecular complexity index is 473. The van der Waals surface area contributed by atoms with Crippen LogP contribution in [-0.4, -0.2) is 36.5 Å². The molecule has 1 atom stereocenters. The third-order valence-electron chi connectivity index (χ3n) is 3.11. The van der Waals surface area contributed by atoms with Crippen LogP contribution in [0.1, 0.15) is 12.8 Å². The Balaban J connectivity index is 0.00000200. The standard InChI is InChI=1S/C13H17F2N3O.ClH/c14-11-4-3-10(6-12(11)15)17-13(19)8-18-5-1-2-9(16)7-18;/h3-4,6,9H,1-2,5,7-8,16H2,(H,17,19);1H/t9-;/m1./s1. The molecule has 1 aliphatic rings. The summed E-state index contributed by atoms with van der Waals surface area (Å²) in [5.74, 6) is -2.15. The lowest BCUT2D eigenvalue weighted by molar-refractivity contribution is -0.117. The Hall–Kier alpha value is -1.24. The van der Waals surface area contributed by atoms with Crippen LogP contribution in [0.3, 0.4) is 0 Å². The molecule has 112 valence electrons. The lowest BCUT2D eigenvalue weighted by Gasteiger charge is -2.29. The van der Waals surface area contributed by atoms with Gasteiger partial charge in [0.05, 0.1) is 6.54 Å². The van der Waals surface area contributed by atoms with Gasteiger partial charge in [-0.1, -0.05) is 0 Å². The Morgan fingerprint density at radius 3 is 2.80 bits per heavy atom. The predicted octanol–water partition coefficient (Wildman–Crippen LogP) is 1.75. The van der Waals surface area contributed by atoms with Crippen molar-refractivity contribution in [1.82, 2.24) is 4.90 Å². The molecule has 1 fully saturated rings. The van der Waals surface area contributed by atoms with Crippen LogP contribution in [-0.2, 0) is 4.79 Å². The number of anilines is 1. The minimum atomic E-state index is -0.974. The number of piperidine rings is 1. The molecule has 1 aromatic rings. The van der Waals surface area contributed by atoms with Crippen molar-refractivity contribution in [3.05, 3.63) is 29.8 Å². The molecule has 0 aliphatic carbocycles. The van der Waals surface area contributed by atoms with Gasteiger partial charge in [0.1, 0.15) is 0 Å². The van der Waals surface area contributed by atoms with Gasteiger partial charge in [0.15, 0.2) is 11.6 Å². The maximum absolute atomic E-state index is 13.0. The SMILES string of the molecule is Cl.N[C@@H]1CCCN(CC(=O)Nc2ccc(F)c(F)c2)C1. The molecule has 7 heteroatoms. The van der Waals surface area contributed by atoms with Crippen LogP contribution in [0.4, 0.5) is 14.5 Å². The summed E-state index contributed by atoms with van der Waals surface area (Å²) in [7, 11) is 0. The minimum absolute atomic E-state index is 0. The van der Waals surface area contributed by atoms with E-state index in [2.05, 4.69) is 5.32 Å². The maximum Gasteiger partial charge on any atom is 0.238 e. The fourth-order valence-electron chi connectivity index (χ4n) is 2.21. The van der Waals surface area contributed by atoms with Crippen LogP contribution in [0.2, 0.25) is 0 Å². The van der Waals surface area contributed by atoms with Crippen molar-refractivity contribution >= 4 is 24.0 Å². The molecule has 0 bridgehead atoms. The molecule has 3 N–H and O–H groups in total. The zero-order valence-electron chi connectivity index (χ0n) is 10.9. The highest BCUT2D eigenvalue weighted by atomic mass is 35.5. The van der Waals surface area contributed by atoms with E-state index in [9.17, 15) is 13.6 Å². The van der Waals surface area contributed by atoms with Crippen molar-refractivity contribution in [2.75, 3.05) is 25.0 Å². The molecular weight excluding hydrogens is 288 g/mol.